The van der Waals surface area contributed by atoms with Crippen molar-refractivity contribution in [3.8, 4) is 0 Å². The average Bonchev–Trinajstić information content (AvgIpc) is 2.68. The highest BCUT2D eigenvalue weighted by atomic mass is 35.5. The maximum absolute atomic E-state index is 12.8. The molecule has 0 N–H and O–H groups in total. The number of carbonyl (C=O) groups excluding carboxylic acids is 1. The zero-order valence-corrected chi connectivity index (χ0v) is 16.7. The molecule has 0 aliphatic rings. The molecule has 0 bridgehead atoms. The minimum atomic E-state index is -3.79. The number of Topliss-reactive ketones (excluding diaryl/α,β-unsaturated/α-hetero) is 1. The van der Waals surface area contributed by atoms with Crippen molar-refractivity contribution in [3.05, 3.63) is 105 Å². The Balaban J connectivity index is 1.86. The van der Waals surface area contributed by atoms with Crippen LogP contribution in [-0.4, -0.2) is 19.1 Å². The number of carbonyl (C=O) groups is 1. The molecular weight excluding hydrogens is 414 g/mol. The molecule has 0 unspecified atom stereocenters. The zero-order valence-electron chi connectivity index (χ0n) is 15.1. The first-order valence-corrected chi connectivity index (χ1v) is 10.6. The third-order valence-electron chi connectivity index (χ3n) is 4.32. The summed E-state index contributed by atoms with van der Waals surface area (Å²) in [4.78, 5) is 22.9. The third kappa shape index (κ3) is 5.07. The minimum absolute atomic E-state index is 0.0415. The van der Waals surface area contributed by atoms with Gasteiger partial charge in [0, 0.05) is 29.1 Å². The van der Waals surface area contributed by atoms with Crippen LogP contribution < -0.4 is 0 Å². The predicted octanol–water partition coefficient (Wildman–Crippen LogP) is 4.65. The molecule has 0 heterocycles. The van der Waals surface area contributed by atoms with Crippen LogP contribution in [-0.2, 0) is 22.0 Å². The molecule has 0 fully saturated rings. The van der Waals surface area contributed by atoms with Crippen LogP contribution in [0.2, 0.25) is 5.02 Å². The number of nitrogens with zero attached hydrogens (tertiary/aromatic N) is 1. The van der Waals surface area contributed by atoms with E-state index in [0.29, 0.717) is 16.1 Å². The van der Waals surface area contributed by atoms with E-state index in [1.807, 2.05) is 0 Å². The summed E-state index contributed by atoms with van der Waals surface area (Å²) >= 11 is 5.96. The number of ketones is 1. The normalized spacial score (nSPS) is 11.2. The molecule has 0 saturated carbocycles. The number of nitro groups is 1. The molecule has 3 aromatic rings. The van der Waals surface area contributed by atoms with Gasteiger partial charge in [-0.25, -0.2) is 8.42 Å². The van der Waals surface area contributed by atoms with Crippen LogP contribution in [0.3, 0.4) is 0 Å². The monoisotopic (exact) mass is 429 g/mol. The highest BCUT2D eigenvalue weighted by molar-refractivity contribution is 7.90. The summed E-state index contributed by atoms with van der Waals surface area (Å²) in [6, 6.07) is 18.1. The number of benzene rings is 3. The van der Waals surface area contributed by atoms with Gasteiger partial charge in [-0.1, -0.05) is 48.0 Å². The van der Waals surface area contributed by atoms with Crippen LogP contribution in [0.25, 0.3) is 0 Å². The topological polar surface area (TPSA) is 94.3 Å². The first-order valence-electron chi connectivity index (χ1n) is 8.59. The second kappa shape index (κ2) is 8.55. The van der Waals surface area contributed by atoms with Crippen molar-refractivity contribution in [2.24, 2.45) is 0 Å². The summed E-state index contributed by atoms with van der Waals surface area (Å²) in [5, 5.41) is 11.3. The maximum Gasteiger partial charge on any atom is 0.269 e. The molecule has 3 rings (SSSR count). The molecule has 0 aliphatic heterocycles. The Kier molecular flexibility index (Phi) is 6.10. The second-order valence-corrected chi connectivity index (χ2v) is 8.82. The largest absolute Gasteiger partial charge is 0.294 e. The molecular formula is C21H16ClNO5S. The number of nitro benzene ring substituents is 1. The van der Waals surface area contributed by atoms with Crippen molar-refractivity contribution >= 4 is 32.9 Å². The van der Waals surface area contributed by atoms with E-state index in [1.54, 1.807) is 48.5 Å². The standard InChI is InChI=1S/C21H16ClNO5S/c22-17-6-3-4-15(12-17)13-21(24)20-7-2-1-5-16(20)14-29(27,28)19-10-8-18(9-11-19)23(25)26/h1-12H,13-14H2. The van der Waals surface area contributed by atoms with E-state index in [1.165, 1.54) is 12.1 Å². The number of non-ortho nitro benzene ring substituents is 1. The number of hydrogen-bond donors (Lipinski definition) is 0. The Hall–Kier alpha value is -3.03. The second-order valence-electron chi connectivity index (χ2n) is 6.40. The van der Waals surface area contributed by atoms with Crippen molar-refractivity contribution in [2.45, 2.75) is 17.1 Å². The Morgan fingerprint density at radius 1 is 0.966 bits per heavy atom. The quantitative estimate of drug-likeness (QED) is 0.309. The first kappa shape index (κ1) is 20.7. The highest BCUT2D eigenvalue weighted by Gasteiger charge is 2.21. The molecule has 8 heteroatoms. The Labute approximate surface area is 172 Å². The molecule has 0 amide bonds. The van der Waals surface area contributed by atoms with Crippen molar-refractivity contribution in [2.75, 3.05) is 0 Å². The van der Waals surface area contributed by atoms with Gasteiger partial charge in [-0.2, -0.15) is 0 Å². The van der Waals surface area contributed by atoms with E-state index in [2.05, 4.69) is 0 Å². The van der Waals surface area contributed by atoms with Crippen LogP contribution in [0.1, 0.15) is 21.5 Å². The minimum Gasteiger partial charge on any atom is -0.294 e. The van der Waals surface area contributed by atoms with Gasteiger partial charge >= 0.3 is 0 Å². The average molecular weight is 430 g/mol. The fraction of sp³-hybridized carbons (Fsp3) is 0.0952. The number of sulfone groups is 1. The smallest absolute Gasteiger partial charge is 0.269 e. The van der Waals surface area contributed by atoms with E-state index < -0.39 is 14.8 Å². The maximum atomic E-state index is 12.8. The van der Waals surface area contributed by atoms with Gasteiger partial charge in [0.1, 0.15) is 0 Å². The summed E-state index contributed by atoms with van der Waals surface area (Å²) in [5.74, 6) is -0.607. The van der Waals surface area contributed by atoms with E-state index >= 15 is 0 Å². The fourth-order valence-corrected chi connectivity index (χ4v) is 4.50. The lowest BCUT2D eigenvalue weighted by atomic mass is 9.99. The molecule has 3 aromatic carbocycles. The zero-order chi connectivity index (χ0) is 21.0. The van der Waals surface area contributed by atoms with Crippen LogP contribution in [0.15, 0.2) is 77.7 Å². The van der Waals surface area contributed by atoms with Gasteiger partial charge in [-0.05, 0) is 35.4 Å². The van der Waals surface area contributed by atoms with Crippen LogP contribution in [0.4, 0.5) is 5.69 Å². The Morgan fingerprint density at radius 2 is 1.66 bits per heavy atom. The van der Waals surface area contributed by atoms with Crippen LogP contribution in [0, 0.1) is 10.1 Å². The summed E-state index contributed by atoms with van der Waals surface area (Å²) in [6.45, 7) is 0. The molecule has 0 radical (unpaired) electrons. The number of rotatable bonds is 7. The summed E-state index contributed by atoms with van der Waals surface area (Å²) in [6.07, 6.45) is 0.0924. The molecule has 6 nitrogen and oxygen atoms in total. The van der Waals surface area contributed by atoms with Crippen molar-refractivity contribution < 1.29 is 18.1 Å². The summed E-state index contributed by atoms with van der Waals surface area (Å²) < 4.78 is 25.5. The van der Waals surface area contributed by atoms with E-state index in [4.69, 9.17) is 11.6 Å². The van der Waals surface area contributed by atoms with Crippen LogP contribution in [0.5, 0.6) is 0 Å². The lowest BCUT2D eigenvalue weighted by molar-refractivity contribution is -0.384. The molecule has 148 valence electrons. The molecule has 0 spiro atoms. The number of halogens is 1. The first-order chi connectivity index (χ1) is 13.8. The molecule has 0 saturated heterocycles. The third-order valence-corrected chi connectivity index (χ3v) is 6.24. The van der Waals surface area contributed by atoms with Crippen molar-refractivity contribution in [1.82, 2.24) is 0 Å². The van der Waals surface area contributed by atoms with Crippen molar-refractivity contribution in [3.63, 3.8) is 0 Å². The van der Waals surface area contributed by atoms with Crippen molar-refractivity contribution in [1.29, 1.82) is 0 Å². The van der Waals surface area contributed by atoms with Crippen LogP contribution >= 0.6 is 11.6 Å². The lowest BCUT2D eigenvalue weighted by Gasteiger charge is -2.10. The SMILES string of the molecule is O=C(Cc1cccc(Cl)c1)c1ccccc1CS(=O)(=O)c1ccc([N+](=O)[O-])cc1. The van der Waals surface area contributed by atoms with Gasteiger partial charge < -0.3 is 0 Å². The fourth-order valence-electron chi connectivity index (χ4n) is 2.91. The molecule has 29 heavy (non-hydrogen) atoms. The summed E-state index contributed by atoms with van der Waals surface area (Å²) in [7, 11) is -3.79. The van der Waals surface area contributed by atoms with Gasteiger partial charge in [0.2, 0.25) is 0 Å². The van der Waals surface area contributed by atoms with Gasteiger partial charge in [-0.3, -0.25) is 14.9 Å². The number of hydrogen-bond acceptors (Lipinski definition) is 5. The lowest BCUT2D eigenvalue weighted by Crippen LogP contribution is -2.11. The molecule has 0 aliphatic carbocycles. The van der Waals surface area contributed by atoms with E-state index in [-0.39, 0.29) is 28.5 Å². The van der Waals surface area contributed by atoms with Gasteiger partial charge in [0.15, 0.2) is 15.6 Å². The molecule has 0 atom stereocenters. The predicted molar refractivity (Wildman–Crippen MR) is 110 cm³/mol. The van der Waals surface area contributed by atoms with E-state index in [0.717, 1.165) is 17.7 Å². The van der Waals surface area contributed by atoms with Gasteiger partial charge in [-0.15, -0.1) is 0 Å². The Bertz CT molecular complexity index is 1170. The van der Waals surface area contributed by atoms with E-state index in [9.17, 15) is 23.3 Å². The van der Waals surface area contributed by atoms with Gasteiger partial charge in [0.25, 0.3) is 5.69 Å². The highest BCUT2D eigenvalue weighted by Crippen LogP contribution is 2.23. The Morgan fingerprint density at radius 3 is 2.31 bits per heavy atom. The summed E-state index contributed by atoms with van der Waals surface area (Å²) in [5.41, 5.74) is 1.23. The van der Waals surface area contributed by atoms with Gasteiger partial charge in [0.05, 0.1) is 15.6 Å². The molecule has 0 aromatic heterocycles.